The Kier molecular flexibility index (Phi) is 5.46. The summed E-state index contributed by atoms with van der Waals surface area (Å²) >= 11 is 0. The van der Waals surface area contributed by atoms with E-state index >= 15 is 0 Å². The fourth-order valence-corrected chi connectivity index (χ4v) is 2.87. The average molecular weight is 253 g/mol. The van der Waals surface area contributed by atoms with Crippen LogP contribution in [0.3, 0.4) is 0 Å². The summed E-state index contributed by atoms with van der Waals surface area (Å²) in [6.07, 6.45) is 4.19. The van der Waals surface area contributed by atoms with Gasteiger partial charge in [-0.05, 0) is 45.2 Å². The highest BCUT2D eigenvalue weighted by Crippen LogP contribution is 2.27. The molecule has 0 amide bonds. The van der Waals surface area contributed by atoms with Crippen LogP contribution < -0.4 is 5.32 Å². The second-order valence-corrected chi connectivity index (χ2v) is 6.54. The largest absolute Gasteiger partial charge is 0.316 e. The Hall–Kier alpha value is -0.120. The number of piperazine rings is 1. The molecule has 0 spiro atoms. The summed E-state index contributed by atoms with van der Waals surface area (Å²) in [6, 6.07) is 1.70. The molecule has 2 aliphatic rings. The first-order valence-corrected chi connectivity index (χ1v) is 7.85. The van der Waals surface area contributed by atoms with E-state index in [0.717, 1.165) is 24.5 Å². The molecule has 1 heterocycles. The summed E-state index contributed by atoms with van der Waals surface area (Å²) in [5.41, 5.74) is 0. The molecule has 1 aliphatic heterocycles. The molecule has 3 nitrogen and oxygen atoms in total. The fourth-order valence-electron chi connectivity index (χ4n) is 2.87. The zero-order valence-corrected chi connectivity index (χ0v) is 12.5. The van der Waals surface area contributed by atoms with Gasteiger partial charge in [-0.25, -0.2) is 0 Å². The maximum atomic E-state index is 3.55. The minimum Gasteiger partial charge on any atom is -0.316 e. The summed E-state index contributed by atoms with van der Waals surface area (Å²) in [6.45, 7) is 14.4. The van der Waals surface area contributed by atoms with Crippen molar-refractivity contribution < 1.29 is 0 Å². The van der Waals surface area contributed by atoms with Crippen molar-refractivity contribution in [3.8, 4) is 0 Å². The van der Waals surface area contributed by atoms with Gasteiger partial charge in [0, 0.05) is 38.3 Å². The molecule has 18 heavy (non-hydrogen) atoms. The van der Waals surface area contributed by atoms with Gasteiger partial charge in [-0.2, -0.15) is 0 Å². The molecule has 2 fully saturated rings. The SMILES string of the molecule is CC(C)CNCCC(C)N1CCN(C2CC2)CC1. The molecule has 1 atom stereocenters. The molecule has 0 aromatic heterocycles. The van der Waals surface area contributed by atoms with Crippen LogP contribution >= 0.6 is 0 Å². The Balaban J connectivity index is 1.56. The molecular formula is C15H31N3. The van der Waals surface area contributed by atoms with Crippen LogP contribution in [-0.2, 0) is 0 Å². The van der Waals surface area contributed by atoms with Crippen LogP contribution in [-0.4, -0.2) is 61.2 Å². The van der Waals surface area contributed by atoms with Gasteiger partial charge < -0.3 is 5.32 Å². The Morgan fingerprint density at radius 1 is 1.06 bits per heavy atom. The first-order chi connectivity index (χ1) is 8.66. The first-order valence-electron chi connectivity index (χ1n) is 7.85. The van der Waals surface area contributed by atoms with E-state index in [0.29, 0.717) is 0 Å². The lowest BCUT2D eigenvalue weighted by molar-refractivity contribution is 0.0941. The summed E-state index contributed by atoms with van der Waals surface area (Å²) in [7, 11) is 0. The zero-order chi connectivity index (χ0) is 13.0. The van der Waals surface area contributed by atoms with Gasteiger partial charge >= 0.3 is 0 Å². The van der Waals surface area contributed by atoms with E-state index in [4.69, 9.17) is 0 Å². The number of rotatable bonds is 7. The summed E-state index contributed by atoms with van der Waals surface area (Å²) < 4.78 is 0. The van der Waals surface area contributed by atoms with Crippen molar-refractivity contribution in [1.82, 2.24) is 15.1 Å². The van der Waals surface area contributed by atoms with Crippen LogP contribution in [0.1, 0.15) is 40.0 Å². The van der Waals surface area contributed by atoms with Crippen molar-refractivity contribution >= 4 is 0 Å². The van der Waals surface area contributed by atoms with Crippen molar-refractivity contribution in [2.75, 3.05) is 39.3 Å². The molecule has 0 bridgehead atoms. The van der Waals surface area contributed by atoms with E-state index in [1.807, 2.05) is 0 Å². The lowest BCUT2D eigenvalue weighted by Crippen LogP contribution is -2.50. The maximum Gasteiger partial charge on any atom is 0.0113 e. The van der Waals surface area contributed by atoms with Gasteiger partial charge in [0.25, 0.3) is 0 Å². The second-order valence-electron chi connectivity index (χ2n) is 6.54. The third-order valence-electron chi connectivity index (χ3n) is 4.33. The Labute approximate surface area is 113 Å². The predicted molar refractivity (Wildman–Crippen MR) is 78.0 cm³/mol. The highest BCUT2D eigenvalue weighted by molar-refractivity contribution is 4.88. The van der Waals surface area contributed by atoms with Gasteiger partial charge in [0.2, 0.25) is 0 Å². The van der Waals surface area contributed by atoms with E-state index in [-0.39, 0.29) is 0 Å². The average Bonchev–Trinajstić information content (AvgIpc) is 3.18. The van der Waals surface area contributed by atoms with E-state index in [1.165, 1.54) is 52.0 Å². The van der Waals surface area contributed by atoms with Crippen LogP contribution in [0.5, 0.6) is 0 Å². The van der Waals surface area contributed by atoms with Crippen LogP contribution in [0, 0.1) is 5.92 Å². The van der Waals surface area contributed by atoms with Crippen molar-refractivity contribution in [1.29, 1.82) is 0 Å². The molecule has 1 saturated carbocycles. The Morgan fingerprint density at radius 3 is 2.28 bits per heavy atom. The Bertz CT molecular complexity index is 230. The quantitative estimate of drug-likeness (QED) is 0.698. The van der Waals surface area contributed by atoms with Gasteiger partial charge in [0.15, 0.2) is 0 Å². The van der Waals surface area contributed by atoms with E-state index in [9.17, 15) is 0 Å². The normalized spacial score (nSPS) is 24.7. The standard InChI is InChI=1S/C15H31N3/c1-13(2)12-16-7-6-14(3)17-8-10-18(11-9-17)15-4-5-15/h13-16H,4-12H2,1-3H3. The third kappa shape index (κ3) is 4.52. The number of nitrogens with zero attached hydrogens (tertiary/aromatic N) is 2. The maximum absolute atomic E-state index is 3.55. The molecular weight excluding hydrogens is 222 g/mol. The number of hydrogen-bond donors (Lipinski definition) is 1. The molecule has 0 radical (unpaired) electrons. The summed E-state index contributed by atoms with van der Waals surface area (Å²) in [5.74, 6) is 0.766. The van der Waals surface area contributed by atoms with Crippen molar-refractivity contribution in [2.24, 2.45) is 5.92 Å². The predicted octanol–water partition coefficient (Wildman–Crippen LogP) is 1.79. The molecule has 1 unspecified atom stereocenters. The molecule has 0 aromatic carbocycles. The van der Waals surface area contributed by atoms with Crippen molar-refractivity contribution in [3.63, 3.8) is 0 Å². The van der Waals surface area contributed by atoms with Crippen LogP contribution in [0.4, 0.5) is 0 Å². The highest BCUT2D eigenvalue weighted by atomic mass is 15.3. The Morgan fingerprint density at radius 2 is 1.72 bits per heavy atom. The first kappa shape index (κ1) is 14.3. The van der Waals surface area contributed by atoms with E-state index < -0.39 is 0 Å². The van der Waals surface area contributed by atoms with Crippen LogP contribution in [0.2, 0.25) is 0 Å². The molecule has 2 rings (SSSR count). The smallest absolute Gasteiger partial charge is 0.0113 e. The second kappa shape index (κ2) is 6.88. The topological polar surface area (TPSA) is 18.5 Å². The lowest BCUT2D eigenvalue weighted by Gasteiger charge is -2.38. The third-order valence-corrected chi connectivity index (χ3v) is 4.33. The fraction of sp³-hybridized carbons (Fsp3) is 1.00. The number of hydrogen-bond acceptors (Lipinski definition) is 3. The van der Waals surface area contributed by atoms with Gasteiger partial charge in [0.1, 0.15) is 0 Å². The lowest BCUT2D eigenvalue weighted by atomic mass is 10.1. The van der Waals surface area contributed by atoms with Gasteiger partial charge in [0.05, 0.1) is 0 Å². The molecule has 106 valence electrons. The molecule has 1 N–H and O–H groups in total. The van der Waals surface area contributed by atoms with Gasteiger partial charge in [-0.15, -0.1) is 0 Å². The molecule has 0 aromatic rings. The van der Waals surface area contributed by atoms with Crippen LogP contribution in [0.25, 0.3) is 0 Å². The summed E-state index contributed by atoms with van der Waals surface area (Å²) in [5, 5.41) is 3.55. The van der Waals surface area contributed by atoms with Gasteiger partial charge in [-0.1, -0.05) is 13.8 Å². The monoisotopic (exact) mass is 253 g/mol. The number of nitrogens with one attached hydrogen (secondary N) is 1. The van der Waals surface area contributed by atoms with Crippen molar-refractivity contribution in [3.05, 3.63) is 0 Å². The van der Waals surface area contributed by atoms with E-state index in [2.05, 4.69) is 35.9 Å². The summed E-state index contributed by atoms with van der Waals surface area (Å²) in [4.78, 5) is 5.37. The minimum atomic E-state index is 0.742. The molecule has 1 aliphatic carbocycles. The highest BCUT2D eigenvalue weighted by Gasteiger charge is 2.31. The van der Waals surface area contributed by atoms with E-state index in [1.54, 1.807) is 0 Å². The van der Waals surface area contributed by atoms with Crippen molar-refractivity contribution in [2.45, 2.75) is 52.1 Å². The minimum absolute atomic E-state index is 0.742. The molecule has 3 heteroatoms. The van der Waals surface area contributed by atoms with Crippen LogP contribution in [0.15, 0.2) is 0 Å². The zero-order valence-electron chi connectivity index (χ0n) is 12.5. The molecule has 1 saturated heterocycles. The van der Waals surface area contributed by atoms with Gasteiger partial charge in [-0.3, -0.25) is 9.80 Å².